The third-order valence-electron chi connectivity index (χ3n) is 3.27. The predicted octanol–water partition coefficient (Wildman–Crippen LogP) is 3.40. The highest BCUT2D eigenvalue weighted by atomic mass is 16.5. The van der Waals surface area contributed by atoms with Crippen LogP contribution in [0.4, 0.5) is 0 Å². The minimum atomic E-state index is -0.273. The lowest BCUT2D eigenvalue weighted by molar-refractivity contribution is -0.134. The minimum absolute atomic E-state index is 0.116. The first-order valence-electron chi connectivity index (χ1n) is 7.21. The Hall–Kier alpha value is -0.700. The Balaban J connectivity index is 4.71. The van der Waals surface area contributed by atoms with E-state index >= 15 is 0 Å². The van der Waals surface area contributed by atoms with E-state index in [4.69, 9.17) is 4.74 Å². The molecule has 0 bridgehead atoms. The van der Waals surface area contributed by atoms with Crippen LogP contribution in [0.15, 0.2) is 0 Å². The highest BCUT2D eigenvalue weighted by Gasteiger charge is 2.31. The number of ketones is 1. The highest BCUT2D eigenvalue weighted by molar-refractivity contribution is 5.84. The van der Waals surface area contributed by atoms with Crippen LogP contribution >= 0.6 is 0 Å². The van der Waals surface area contributed by atoms with Crippen molar-refractivity contribution in [3.05, 3.63) is 0 Å². The summed E-state index contributed by atoms with van der Waals surface area (Å²) in [4.78, 5) is 23.2. The summed E-state index contributed by atoms with van der Waals surface area (Å²) in [6.45, 7) is 8.60. The molecule has 0 radical (unpaired) electrons. The molecule has 0 aliphatic carbocycles. The largest absolute Gasteiger partial charge is 0.377 e. The normalized spacial score (nSPS) is 16.0. The van der Waals surface area contributed by atoms with Crippen LogP contribution in [0.2, 0.25) is 0 Å². The van der Waals surface area contributed by atoms with E-state index < -0.39 is 0 Å². The van der Waals surface area contributed by atoms with Crippen molar-refractivity contribution in [1.29, 1.82) is 0 Å². The average molecular weight is 256 g/mol. The first-order chi connectivity index (χ1) is 8.62. The fourth-order valence-corrected chi connectivity index (χ4v) is 2.19. The highest BCUT2D eigenvalue weighted by Crippen LogP contribution is 2.23. The number of unbranched alkanes of at least 4 members (excludes halogenated alkanes) is 1. The second kappa shape index (κ2) is 10.2. The molecule has 3 nitrogen and oxygen atoms in total. The van der Waals surface area contributed by atoms with Crippen LogP contribution < -0.4 is 0 Å². The molecule has 0 aromatic heterocycles. The first-order valence-corrected chi connectivity index (χ1v) is 7.21. The van der Waals surface area contributed by atoms with Crippen molar-refractivity contribution in [2.45, 2.75) is 65.9 Å². The van der Waals surface area contributed by atoms with E-state index in [1.165, 1.54) is 0 Å². The molecule has 0 heterocycles. The van der Waals surface area contributed by atoms with Crippen LogP contribution in [0.25, 0.3) is 0 Å². The molecule has 0 N–H and O–H groups in total. The Morgan fingerprint density at radius 3 is 2.33 bits per heavy atom. The molecule has 0 fully saturated rings. The van der Waals surface area contributed by atoms with Gasteiger partial charge in [-0.1, -0.05) is 34.1 Å². The monoisotopic (exact) mass is 256 g/mol. The van der Waals surface area contributed by atoms with Gasteiger partial charge in [0.2, 0.25) is 0 Å². The summed E-state index contributed by atoms with van der Waals surface area (Å²) in [5.74, 6) is -0.346. The molecular weight excluding hydrogens is 228 g/mol. The number of rotatable bonds is 11. The van der Waals surface area contributed by atoms with Gasteiger partial charge in [-0.2, -0.15) is 0 Å². The Labute approximate surface area is 111 Å². The first kappa shape index (κ1) is 17.3. The fraction of sp³-hybridized carbons (Fsp3) is 0.867. The number of hydrogen-bond acceptors (Lipinski definition) is 3. The Morgan fingerprint density at radius 1 is 1.22 bits per heavy atom. The maximum absolute atomic E-state index is 12.2. The molecule has 0 saturated carbocycles. The van der Waals surface area contributed by atoms with E-state index in [-0.39, 0.29) is 23.7 Å². The summed E-state index contributed by atoms with van der Waals surface area (Å²) in [5.41, 5.74) is 0. The zero-order chi connectivity index (χ0) is 14.0. The van der Waals surface area contributed by atoms with Gasteiger partial charge in [-0.15, -0.1) is 0 Å². The molecule has 0 aliphatic heterocycles. The van der Waals surface area contributed by atoms with Gasteiger partial charge in [-0.25, -0.2) is 0 Å². The minimum Gasteiger partial charge on any atom is -0.377 e. The molecule has 0 spiro atoms. The SMILES string of the molecule is CCCCC(=O)C(C(C)C=O)C(CC)OCCC. The van der Waals surface area contributed by atoms with E-state index in [9.17, 15) is 9.59 Å². The summed E-state index contributed by atoms with van der Waals surface area (Å²) < 4.78 is 5.75. The summed E-state index contributed by atoms with van der Waals surface area (Å²) in [7, 11) is 0. The second-order valence-electron chi connectivity index (χ2n) is 4.91. The van der Waals surface area contributed by atoms with Crippen molar-refractivity contribution in [1.82, 2.24) is 0 Å². The van der Waals surface area contributed by atoms with Gasteiger partial charge < -0.3 is 9.53 Å². The van der Waals surface area contributed by atoms with Crippen molar-refractivity contribution in [3.8, 4) is 0 Å². The van der Waals surface area contributed by atoms with Crippen LogP contribution in [-0.4, -0.2) is 24.8 Å². The molecule has 106 valence electrons. The summed E-state index contributed by atoms with van der Waals surface area (Å²) in [6, 6.07) is 0. The van der Waals surface area contributed by atoms with E-state index in [0.717, 1.165) is 32.0 Å². The smallest absolute Gasteiger partial charge is 0.139 e. The lowest BCUT2D eigenvalue weighted by Gasteiger charge is -2.27. The maximum atomic E-state index is 12.2. The quantitative estimate of drug-likeness (QED) is 0.532. The number of carbonyl (C=O) groups is 2. The topological polar surface area (TPSA) is 43.4 Å². The Morgan fingerprint density at radius 2 is 1.89 bits per heavy atom. The predicted molar refractivity (Wildman–Crippen MR) is 73.6 cm³/mol. The standard InChI is InChI=1S/C15H28O3/c1-5-8-9-13(17)15(12(4)11-16)14(7-3)18-10-6-2/h11-12,14-15H,5-10H2,1-4H3. The number of aldehydes is 1. The average Bonchev–Trinajstić information content (AvgIpc) is 2.39. The third-order valence-corrected chi connectivity index (χ3v) is 3.27. The zero-order valence-electron chi connectivity index (χ0n) is 12.3. The van der Waals surface area contributed by atoms with Crippen LogP contribution in [0, 0.1) is 11.8 Å². The Kier molecular flexibility index (Phi) is 9.85. The second-order valence-corrected chi connectivity index (χ2v) is 4.91. The molecule has 0 aliphatic rings. The van der Waals surface area contributed by atoms with Gasteiger partial charge in [0.25, 0.3) is 0 Å². The van der Waals surface area contributed by atoms with Gasteiger partial charge in [0.1, 0.15) is 12.1 Å². The van der Waals surface area contributed by atoms with Gasteiger partial charge in [0.15, 0.2) is 0 Å². The molecule has 0 rings (SSSR count). The van der Waals surface area contributed by atoms with E-state index in [0.29, 0.717) is 13.0 Å². The molecule has 3 heteroatoms. The maximum Gasteiger partial charge on any atom is 0.139 e. The van der Waals surface area contributed by atoms with Crippen molar-refractivity contribution in [2.24, 2.45) is 11.8 Å². The molecule has 0 amide bonds. The lowest BCUT2D eigenvalue weighted by Crippen LogP contribution is -2.36. The van der Waals surface area contributed by atoms with Crippen molar-refractivity contribution in [2.75, 3.05) is 6.61 Å². The lowest BCUT2D eigenvalue weighted by atomic mass is 9.83. The van der Waals surface area contributed by atoms with Gasteiger partial charge >= 0.3 is 0 Å². The van der Waals surface area contributed by atoms with Crippen LogP contribution in [0.1, 0.15) is 59.8 Å². The number of carbonyl (C=O) groups excluding carboxylic acids is 2. The van der Waals surface area contributed by atoms with Gasteiger partial charge in [0.05, 0.1) is 12.0 Å². The third kappa shape index (κ3) is 5.76. The molecular formula is C15H28O3. The van der Waals surface area contributed by atoms with Crippen LogP contribution in [0.3, 0.4) is 0 Å². The van der Waals surface area contributed by atoms with Gasteiger partial charge in [-0.3, -0.25) is 4.79 Å². The van der Waals surface area contributed by atoms with Gasteiger partial charge in [0, 0.05) is 18.9 Å². The molecule has 3 atom stereocenters. The summed E-state index contributed by atoms with van der Waals surface area (Å²) in [5, 5.41) is 0. The number of Topliss-reactive ketones (excluding diaryl/α,β-unsaturated/α-hetero) is 1. The van der Waals surface area contributed by atoms with E-state index in [1.807, 2.05) is 20.8 Å². The molecule has 0 saturated heterocycles. The fourth-order valence-electron chi connectivity index (χ4n) is 2.19. The van der Waals surface area contributed by atoms with Crippen molar-refractivity contribution < 1.29 is 14.3 Å². The molecule has 3 unspecified atom stereocenters. The summed E-state index contributed by atoms with van der Waals surface area (Å²) in [6.07, 6.45) is 4.93. The molecule has 0 aromatic carbocycles. The van der Waals surface area contributed by atoms with Crippen molar-refractivity contribution in [3.63, 3.8) is 0 Å². The number of ether oxygens (including phenoxy) is 1. The number of hydrogen-bond donors (Lipinski definition) is 0. The zero-order valence-corrected chi connectivity index (χ0v) is 12.3. The van der Waals surface area contributed by atoms with Crippen molar-refractivity contribution >= 4 is 12.1 Å². The van der Waals surface area contributed by atoms with Crippen LogP contribution in [0.5, 0.6) is 0 Å². The van der Waals surface area contributed by atoms with E-state index in [1.54, 1.807) is 0 Å². The Bertz CT molecular complexity index is 238. The van der Waals surface area contributed by atoms with E-state index in [2.05, 4.69) is 6.92 Å². The molecule has 0 aromatic rings. The van der Waals surface area contributed by atoms with Gasteiger partial charge in [-0.05, 0) is 19.3 Å². The van der Waals surface area contributed by atoms with Crippen LogP contribution in [-0.2, 0) is 14.3 Å². The summed E-state index contributed by atoms with van der Waals surface area (Å²) >= 11 is 0. The molecule has 18 heavy (non-hydrogen) atoms.